The summed E-state index contributed by atoms with van der Waals surface area (Å²) in [5.74, 6) is 0.882. The highest BCUT2D eigenvalue weighted by atomic mass is 31.2. The number of carbonyl (C=O) groups excluding carboxylic acids is 4. The Morgan fingerprint density at radius 1 is 0.308 bits per heavy atom. The third-order valence-electron chi connectivity index (χ3n) is 16.9. The van der Waals surface area contributed by atoms with Crippen LogP contribution in [0.25, 0.3) is 0 Å². The highest BCUT2D eigenvalue weighted by molar-refractivity contribution is 7.47. The molecule has 6 atom stereocenters. The van der Waals surface area contributed by atoms with Crippen molar-refractivity contribution in [1.82, 2.24) is 0 Å². The predicted molar refractivity (Wildman–Crippen MR) is 367 cm³/mol. The molecule has 3 N–H and O–H groups in total. The van der Waals surface area contributed by atoms with Gasteiger partial charge in [-0.3, -0.25) is 37.3 Å². The first-order chi connectivity index (χ1) is 43.6. The Bertz CT molecular complexity index is 1800. The molecule has 0 aromatic rings. The van der Waals surface area contributed by atoms with E-state index in [1.54, 1.807) is 0 Å². The van der Waals surface area contributed by atoms with Gasteiger partial charge in [0.1, 0.15) is 19.3 Å². The molecule has 0 rings (SSSR count). The number of phosphoric acid groups is 2. The van der Waals surface area contributed by atoms with Gasteiger partial charge >= 0.3 is 39.5 Å². The van der Waals surface area contributed by atoms with Crippen molar-refractivity contribution in [3.8, 4) is 0 Å². The van der Waals surface area contributed by atoms with Crippen LogP contribution in [-0.4, -0.2) is 96.7 Å². The maximum atomic E-state index is 13.0. The molecule has 0 saturated heterocycles. The van der Waals surface area contributed by atoms with Crippen molar-refractivity contribution in [3.05, 3.63) is 0 Å². The first-order valence-electron chi connectivity index (χ1n) is 37.2. The van der Waals surface area contributed by atoms with Crippen molar-refractivity contribution < 1.29 is 80.2 Å². The minimum absolute atomic E-state index is 0.105. The second-order valence-corrected chi connectivity index (χ2v) is 30.6. The molecule has 17 nitrogen and oxygen atoms in total. The number of aliphatic hydroxyl groups excluding tert-OH is 1. The molecule has 0 amide bonds. The molecule has 91 heavy (non-hydrogen) atoms. The lowest BCUT2D eigenvalue weighted by atomic mass is 9.99. The van der Waals surface area contributed by atoms with Crippen molar-refractivity contribution in [3.63, 3.8) is 0 Å². The molecule has 0 aliphatic heterocycles. The van der Waals surface area contributed by atoms with E-state index in [0.717, 1.165) is 114 Å². The van der Waals surface area contributed by atoms with Crippen LogP contribution >= 0.6 is 15.6 Å². The summed E-state index contributed by atoms with van der Waals surface area (Å²) in [6, 6.07) is 0. The molecular formula is C72H140O17P2. The summed E-state index contributed by atoms with van der Waals surface area (Å²) in [5.41, 5.74) is 0. The number of hydrogen-bond acceptors (Lipinski definition) is 15. The van der Waals surface area contributed by atoms with Crippen LogP contribution in [0.2, 0.25) is 0 Å². The zero-order chi connectivity index (χ0) is 67.5. The van der Waals surface area contributed by atoms with Crippen molar-refractivity contribution in [2.75, 3.05) is 39.6 Å². The second-order valence-electron chi connectivity index (χ2n) is 27.6. The molecule has 0 spiro atoms. The number of esters is 4. The van der Waals surface area contributed by atoms with Gasteiger partial charge in [0.25, 0.3) is 0 Å². The number of phosphoric ester groups is 2. The molecule has 0 saturated carbocycles. The van der Waals surface area contributed by atoms with E-state index in [-0.39, 0.29) is 25.7 Å². The van der Waals surface area contributed by atoms with Gasteiger partial charge in [0.05, 0.1) is 26.4 Å². The maximum absolute atomic E-state index is 13.0. The summed E-state index contributed by atoms with van der Waals surface area (Å²) in [7, 11) is -9.91. The summed E-state index contributed by atoms with van der Waals surface area (Å²) >= 11 is 0. The first kappa shape index (κ1) is 89.1. The molecule has 0 fully saturated rings. The summed E-state index contributed by atoms with van der Waals surface area (Å²) in [6.45, 7) is 14.1. The van der Waals surface area contributed by atoms with Crippen molar-refractivity contribution in [2.24, 2.45) is 23.7 Å². The molecule has 0 aliphatic rings. The van der Waals surface area contributed by atoms with Gasteiger partial charge in [-0.05, 0) is 49.4 Å². The molecule has 0 aromatic heterocycles. The molecular weight excluding hydrogens is 1200 g/mol. The topological polar surface area (TPSA) is 237 Å². The third-order valence-corrected chi connectivity index (χ3v) is 18.8. The number of aliphatic hydroxyl groups is 1. The Labute approximate surface area is 556 Å². The fourth-order valence-electron chi connectivity index (χ4n) is 10.8. The lowest BCUT2D eigenvalue weighted by Gasteiger charge is -2.21. The molecule has 3 unspecified atom stereocenters. The zero-order valence-corrected chi connectivity index (χ0v) is 61.3. The Morgan fingerprint density at radius 2 is 0.527 bits per heavy atom. The summed E-state index contributed by atoms with van der Waals surface area (Å²) in [5, 5.41) is 10.6. The predicted octanol–water partition coefficient (Wildman–Crippen LogP) is 20.5. The van der Waals surface area contributed by atoms with Gasteiger partial charge in [-0.1, -0.05) is 306 Å². The van der Waals surface area contributed by atoms with E-state index in [4.69, 9.17) is 37.0 Å². The van der Waals surface area contributed by atoms with Crippen LogP contribution in [0.5, 0.6) is 0 Å². The maximum Gasteiger partial charge on any atom is 0.472 e. The van der Waals surface area contributed by atoms with Gasteiger partial charge in [0, 0.05) is 25.7 Å². The lowest BCUT2D eigenvalue weighted by Crippen LogP contribution is -2.30. The third kappa shape index (κ3) is 65.1. The second kappa shape index (κ2) is 61.6. The largest absolute Gasteiger partial charge is 0.472 e. The first-order valence-corrected chi connectivity index (χ1v) is 40.2. The van der Waals surface area contributed by atoms with E-state index in [0.29, 0.717) is 31.6 Å². The van der Waals surface area contributed by atoms with Crippen molar-refractivity contribution in [2.45, 2.75) is 375 Å². The summed E-state index contributed by atoms with van der Waals surface area (Å²) < 4.78 is 68.4. The minimum Gasteiger partial charge on any atom is -0.462 e. The number of carbonyl (C=O) groups is 4. The van der Waals surface area contributed by atoms with Crippen LogP contribution in [0.4, 0.5) is 0 Å². The number of ether oxygens (including phenoxy) is 4. The lowest BCUT2D eigenvalue weighted by molar-refractivity contribution is -0.161. The highest BCUT2D eigenvalue weighted by Crippen LogP contribution is 2.45. The van der Waals surface area contributed by atoms with Gasteiger partial charge in [0.15, 0.2) is 12.2 Å². The van der Waals surface area contributed by atoms with Crippen LogP contribution in [0.3, 0.4) is 0 Å². The number of hydrogen-bond donors (Lipinski definition) is 3. The fourth-order valence-corrected chi connectivity index (χ4v) is 12.4. The van der Waals surface area contributed by atoms with Crippen molar-refractivity contribution >= 4 is 39.5 Å². The number of rotatable bonds is 69. The van der Waals surface area contributed by atoms with Crippen molar-refractivity contribution in [1.29, 1.82) is 0 Å². The van der Waals surface area contributed by atoms with Crippen LogP contribution in [0, 0.1) is 23.7 Å². The van der Waals surface area contributed by atoms with Gasteiger partial charge in [0.2, 0.25) is 0 Å². The van der Waals surface area contributed by atoms with E-state index in [1.807, 2.05) is 0 Å². The van der Waals surface area contributed by atoms with E-state index in [9.17, 15) is 43.2 Å². The average Bonchev–Trinajstić information content (AvgIpc) is 3.70. The molecule has 0 heterocycles. The smallest absolute Gasteiger partial charge is 0.462 e. The van der Waals surface area contributed by atoms with Crippen LogP contribution < -0.4 is 0 Å². The van der Waals surface area contributed by atoms with Crippen LogP contribution in [0.15, 0.2) is 0 Å². The monoisotopic (exact) mass is 1340 g/mol. The van der Waals surface area contributed by atoms with Gasteiger partial charge in [-0.15, -0.1) is 0 Å². The summed E-state index contributed by atoms with van der Waals surface area (Å²) in [4.78, 5) is 72.6. The SMILES string of the molecule is CCC(C)CCCCCCCCCCC(=O)OC[C@H](COP(=O)(O)OC[C@@H](O)COP(=O)(O)OC[C@@H](COC(=O)CCCCCCCCC(C)C)OC(=O)CCCCCCCCCCCCCCC(C)C)OC(=O)CCCCCCCCCCCCCCC(C)C. The molecule has 0 radical (unpaired) electrons. The highest BCUT2D eigenvalue weighted by Gasteiger charge is 2.30. The normalized spacial score (nSPS) is 14.5. The molecule has 0 bridgehead atoms. The van der Waals surface area contributed by atoms with E-state index in [2.05, 4.69) is 55.4 Å². The van der Waals surface area contributed by atoms with E-state index in [1.165, 1.54) is 154 Å². The zero-order valence-electron chi connectivity index (χ0n) is 59.5. The molecule has 0 aromatic carbocycles. The van der Waals surface area contributed by atoms with E-state index < -0.39 is 97.5 Å². The Kier molecular flexibility index (Phi) is 60.3. The minimum atomic E-state index is -4.95. The Morgan fingerprint density at radius 3 is 0.780 bits per heavy atom. The van der Waals surface area contributed by atoms with Gasteiger partial charge in [-0.2, -0.15) is 0 Å². The molecule has 19 heteroatoms. The van der Waals surface area contributed by atoms with Gasteiger partial charge < -0.3 is 33.8 Å². The van der Waals surface area contributed by atoms with Crippen LogP contribution in [-0.2, 0) is 65.4 Å². The average molecular weight is 1340 g/mol. The Balaban J connectivity index is 5.25. The van der Waals surface area contributed by atoms with E-state index >= 15 is 0 Å². The quantitative estimate of drug-likeness (QED) is 0.0222. The van der Waals surface area contributed by atoms with Crippen LogP contribution in [0.1, 0.15) is 357 Å². The summed E-state index contributed by atoms with van der Waals surface area (Å²) in [6.07, 6.45) is 44.5. The van der Waals surface area contributed by atoms with Gasteiger partial charge in [-0.25, -0.2) is 9.13 Å². The Hall–Kier alpha value is -1.94. The molecule has 0 aliphatic carbocycles. The number of unbranched alkanes of at least 4 members (excludes halogenated alkanes) is 34. The standard InChI is InChI=1S/C72H140O17P2/c1-9-65(8)51-43-35-26-22-23-27-36-44-52-69(74)82-58-67(88-71(76)54-46-38-28-20-16-12-10-14-18-24-32-40-48-62(2)3)60-86-90(78,79)84-56-66(73)57-85-91(80,81)87-61-68(59-83-70(75)53-45-37-31-30-34-42-50-64(6)7)89-72(77)55-47-39-29-21-17-13-11-15-19-25-33-41-49-63(4)5/h62-68,73H,9-61H2,1-8H3,(H,78,79)(H,80,81)/t65?,66-,67-,68-/m1/s1. The molecule has 540 valence electrons. The fraction of sp³-hybridized carbons (Fsp3) is 0.944.